The molecule has 3 nitrogen and oxygen atoms in total. The molecule has 0 unspecified atom stereocenters. The van der Waals surface area contributed by atoms with Crippen LogP contribution >= 0.6 is 0 Å². The lowest BCUT2D eigenvalue weighted by Gasteiger charge is -2.05. The number of nitrogens with two attached hydrogens (primary N) is 1. The highest BCUT2D eigenvalue weighted by molar-refractivity contribution is 5.47. The van der Waals surface area contributed by atoms with Gasteiger partial charge in [-0.25, -0.2) is 0 Å². The zero-order chi connectivity index (χ0) is 10.1. The van der Waals surface area contributed by atoms with Gasteiger partial charge in [-0.15, -0.1) is 4.98 Å². The quantitative estimate of drug-likeness (QED) is 0.633. The minimum Gasteiger partial charge on any atom is -0.364 e. The Labute approximate surface area is 71.8 Å². The zero-order valence-corrected chi connectivity index (χ0v) is 6.26. The van der Waals surface area contributed by atoms with Gasteiger partial charge >= 0.3 is 6.18 Å². The van der Waals surface area contributed by atoms with Gasteiger partial charge in [-0.05, 0) is 6.07 Å². The summed E-state index contributed by atoms with van der Waals surface area (Å²) in [5.74, 6) is -0.659. The summed E-state index contributed by atoms with van der Waals surface area (Å²) in [7, 11) is 0. The highest BCUT2D eigenvalue weighted by Crippen LogP contribution is 2.31. The summed E-state index contributed by atoms with van der Waals surface area (Å²) in [6.45, 7) is 6.48. The van der Waals surface area contributed by atoms with Crippen LogP contribution in [-0.2, 0) is 6.18 Å². The normalized spacial score (nSPS) is 10.9. The standard InChI is InChI=1S/C7H4F3N3/c1-12-6-3-4(7(8,9)10)2-5(11)13-6/h2-3H,(H2,11,13). The topological polar surface area (TPSA) is 43.3 Å². The molecule has 1 aromatic rings. The van der Waals surface area contributed by atoms with E-state index >= 15 is 0 Å². The number of nitrogens with zero attached hydrogens (tertiary/aromatic N) is 2. The van der Waals surface area contributed by atoms with Crippen molar-refractivity contribution in [3.8, 4) is 0 Å². The van der Waals surface area contributed by atoms with Crippen LogP contribution in [-0.4, -0.2) is 4.98 Å². The van der Waals surface area contributed by atoms with Crippen LogP contribution in [0.5, 0.6) is 0 Å². The number of aromatic nitrogens is 1. The van der Waals surface area contributed by atoms with Crippen LogP contribution in [0.2, 0.25) is 0 Å². The van der Waals surface area contributed by atoms with Crippen molar-refractivity contribution < 1.29 is 13.2 Å². The smallest absolute Gasteiger partial charge is 0.364 e. The van der Waals surface area contributed by atoms with Gasteiger partial charge < -0.3 is 10.6 Å². The molecule has 0 saturated carbocycles. The van der Waals surface area contributed by atoms with Crippen molar-refractivity contribution in [1.82, 2.24) is 4.98 Å². The van der Waals surface area contributed by atoms with Crippen molar-refractivity contribution in [3.63, 3.8) is 0 Å². The first-order valence-corrected chi connectivity index (χ1v) is 3.15. The van der Waals surface area contributed by atoms with Crippen LogP contribution < -0.4 is 5.73 Å². The van der Waals surface area contributed by atoms with Gasteiger partial charge in [-0.1, -0.05) is 6.57 Å². The second-order valence-electron chi connectivity index (χ2n) is 2.25. The van der Waals surface area contributed by atoms with Crippen LogP contribution in [0, 0.1) is 6.57 Å². The molecule has 0 bridgehead atoms. The lowest BCUT2D eigenvalue weighted by Crippen LogP contribution is -2.06. The third kappa shape index (κ3) is 2.08. The van der Waals surface area contributed by atoms with Gasteiger partial charge in [-0.2, -0.15) is 13.2 Å². The Kier molecular flexibility index (Phi) is 2.10. The second kappa shape index (κ2) is 2.94. The fourth-order valence-corrected chi connectivity index (χ4v) is 0.758. The molecule has 0 aliphatic heterocycles. The number of rotatable bonds is 0. The summed E-state index contributed by atoms with van der Waals surface area (Å²) in [5.41, 5.74) is 4.12. The third-order valence-corrected chi connectivity index (χ3v) is 1.27. The molecule has 0 saturated heterocycles. The average Bonchev–Trinajstić information content (AvgIpc) is 2.01. The van der Waals surface area contributed by atoms with E-state index in [9.17, 15) is 13.2 Å². The molecule has 6 heteroatoms. The van der Waals surface area contributed by atoms with E-state index in [0.29, 0.717) is 12.1 Å². The molecule has 0 aliphatic rings. The Bertz CT molecular complexity index is 364. The van der Waals surface area contributed by atoms with E-state index in [1.165, 1.54) is 0 Å². The predicted octanol–water partition coefficient (Wildman–Crippen LogP) is 2.23. The molecule has 0 radical (unpaired) electrons. The minimum atomic E-state index is -4.49. The largest absolute Gasteiger partial charge is 0.415 e. The maximum absolute atomic E-state index is 12.1. The fraction of sp³-hybridized carbons (Fsp3) is 0.143. The molecular weight excluding hydrogens is 183 g/mol. The van der Waals surface area contributed by atoms with Crippen molar-refractivity contribution in [1.29, 1.82) is 0 Å². The second-order valence-corrected chi connectivity index (χ2v) is 2.25. The molecular formula is C7H4F3N3. The van der Waals surface area contributed by atoms with Crippen molar-refractivity contribution in [3.05, 3.63) is 29.1 Å². The van der Waals surface area contributed by atoms with Crippen LogP contribution in [0.15, 0.2) is 12.1 Å². The van der Waals surface area contributed by atoms with E-state index in [0.717, 1.165) is 0 Å². The molecule has 0 fully saturated rings. The summed E-state index contributed by atoms with van der Waals surface area (Å²) in [5, 5.41) is 0. The number of halogens is 3. The first-order chi connectivity index (χ1) is 5.93. The molecule has 0 atom stereocenters. The minimum absolute atomic E-state index is 0.305. The Morgan fingerprint density at radius 3 is 2.46 bits per heavy atom. The van der Waals surface area contributed by atoms with Crippen LogP contribution in [0.4, 0.5) is 24.8 Å². The Morgan fingerprint density at radius 1 is 1.38 bits per heavy atom. The van der Waals surface area contributed by atoms with Crippen molar-refractivity contribution in [2.24, 2.45) is 0 Å². The number of hydrogen-bond donors (Lipinski definition) is 1. The highest BCUT2D eigenvalue weighted by atomic mass is 19.4. The van der Waals surface area contributed by atoms with Gasteiger partial charge in [0.1, 0.15) is 0 Å². The van der Waals surface area contributed by atoms with Crippen LogP contribution in [0.25, 0.3) is 4.85 Å². The van der Waals surface area contributed by atoms with Gasteiger partial charge in [0.15, 0.2) is 0 Å². The number of hydrogen-bond acceptors (Lipinski definition) is 2. The number of anilines is 1. The molecule has 0 amide bonds. The maximum atomic E-state index is 12.1. The van der Waals surface area contributed by atoms with Crippen molar-refractivity contribution in [2.75, 3.05) is 5.73 Å². The Hall–Kier alpha value is -1.77. The summed E-state index contributed by atoms with van der Waals surface area (Å²) < 4.78 is 36.3. The third-order valence-electron chi connectivity index (χ3n) is 1.27. The van der Waals surface area contributed by atoms with E-state index in [1.54, 1.807) is 0 Å². The molecule has 1 rings (SSSR count). The van der Waals surface area contributed by atoms with E-state index in [1.807, 2.05) is 0 Å². The van der Waals surface area contributed by atoms with Gasteiger partial charge in [0.05, 0.1) is 5.56 Å². The maximum Gasteiger partial charge on any atom is 0.415 e. The van der Waals surface area contributed by atoms with E-state index in [2.05, 4.69) is 9.83 Å². The molecule has 1 heterocycles. The summed E-state index contributed by atoms with van der Waals surface area (Å²) >= 11 is 0. The van der Waals surface area contributed by atoms with Crippen LogP contribution in [0.3, 0.4) is 0 Å². The summed E-state index contributed by atoms with van der Waals surface area (Å²) in [6, 6.07) is 1.35. The zero-order valence-electron chi connectivity index (χ0n) is 6.26. The number of nitrogen functional groups attached to an aromatic ring is 1. The van der Waals surface area contributed by atoms with Crippen LogP contribution in [0.1, 0.15) is 5.56 Å². The van der Waals surface area contributed by atoms with Gasteiger partial charge in [0.2, 0.25) is 5.82 Å². The van der Waals surface area contributed by atoms with Gasteiger partial charge in [0.25, 0.3) is 5.82 Å². The molecule has 13 heavy (non-hydrogen) atoms. The average molecular weight is 187 g/mol. The molecule has 0 aromatic carbocycles. The fourth-order valence-electron chi connectivity index (χ4n) is 0.758. The number of pyridine rings is 1. The summed E-state index contributed by atoms with van der Waals surface area (Å²) in [6.07, 6.45) is -4.49. The summed E-state index contributed by atoms with van der Waals surface area (Å²) in [4.78, 5) is 6.15. The molecule has 0 spiro atoms. The Balaban J connectivity index is 3.26. The van der Waals surface area contributed by atoms with E-state index in [4.69, 9.17) is 12.3 Å². The van der Waals surface area contributed by atoms with Gasteiger partial charge in [0, 0.05) is 6.07 Å². The molecule has 68 valence electrons. The first kappa shape index (κ1) is 9.32. The highest BCUT2D eigenvalue weighted by Gasteiger charge is 2.31. The first-order valence-electron chi connectivity index (χ1n) is 3.15. The lowest BCUT2D eigenvalue weighted by molar-refractivity contribution is -0.137. The monoisotopic (exact) mass is 187 g/mol. The molecule has 0 aliphatic carbocycles. The van der Waals surface area contributed by atoms with Gasteiger partial charge in [-0.3, -0.25) is 0 Å². The van der Waals surface area contributed by atoms with Crippen molar-refractivity contribution in [2.45, 2.75) is 6.18 Å². The number of alkyl halides is 3. The lowest BCUT2D eigenvalue weighted by atomic mass is 10.2. The van der Waals surface area contributed by atoms with E-state index < -0.39 is 11.7 Å². The SMILES string of the molecule is [C-]#[N+]c1cc(C(F)(F)F)cc(N)n1. The Morgan fingerprint density at radius 2 is 2.00 bits per heavy atom. The van der Waals surface area contributed by atoms with E-state index in [-0.39, 0.29) is 11.6 Å². The predicted molar refractivity (Wildman–Crippen MR) is 39.9 cm³/mol. The molecule has 2 N–H and O–H groups in total. The molecule has 1 aromatic heterocycles. The van der Waals surface area contributed by atoms with Crippen molar-refractivity contribution >= 4 is 11.6 Å².